The minimum Gasteiger partial charge on any atom is -0.338 e. The molecule has 110 valence electrons. The number of nitrogens with one attached hydrogen (secondary N) is 1. The summed E-state index contributed by atoms with van der Waals surface area (Å²) in [6.45, 7) is 7.81. The molecule has 0 aromatic carbocycles. The van der Waals surface area contributed by atoms with Crippen molar-refractivity contribution in [1.82, 2.24) is 10.2 Å². The SMILES string of the molecule is CC(C)(C)NCC(=O)N1CCCC1C1CCCCC1. The summed E-state index contributed by atoms with van der Waals surface area (Å²) in [7, 11) is 0. The summed E-state index contributed by atoms with van der Waals surface area (Å²) >= 11 is 0. The molecule has 2 rings (SSSR count). The smallest absolute Gasteiger partial charge is 0.236 e. The Morgan fingerprint density at radius 2 is 1.79 bits per heavy atom. The molecule has 1 saturated carbocycles. The van der Waals surface area contributed by atoms with Gasteiger partial charge in [0.25, 0.3) is 0 Å². The molecule has 1 aliphatic carbocycles. The highest BCUT2D eigenvalue weighted by molar-refractivity contribution is 5.79. The van der Waals surface area contributed by atoms with E-state index in [4.69, 9.17) is 0 Å². The van der Waals surface area contributed by atoms with Gasteiger partial charge in [0, 0.05) is 18.1 Å². The highest BCUT2D eigenvalue weighted by Crippen LogP contribution is 2.34. The molecule has 0 bridgehead atoms. The molecule has 3 nitrogen and oxygen atoms in total. The predicted molar refractivity (Wildman–Crippen MR) is 79.1 cm³/mol. The fraction of sp³-hybridized carbons (Fsp3) is 0.938. The lowest BCUT2D eigenvalue weighted by Crippen LogP contribution is -2.48. The van der Waals surface area contributed by atoms with Crippen molar-refractivity contribution in [3.8, 4) is 0 Å². The third-order valence-electron chi connectivity index (χ3n) is 4.58. The first kappa shape index (κ1) is 14.8. The first-order valence-corrected chi connectivity index (χ1v) is 8.02. The molecule has 1 atom stereocenters. The van der Waals surface area contributed by atoms with Gasteiger partial charge in [0.05, 0.1) is 6.54 Å². The van der Waals surface area contributed by atoms with Gasteiger partial charge in [-0.1, -0.05) is 19.3 Å². The molecule has 1 N–H and O–H groups in total. The molecule has 0 radical (unpaired) electrons. The normalized spacial score (nSPS) is 25.8. The molecule has 0 spiro atoms. The van der Waals surface area contributed by atoms with E-state index in [2.05, 4.69) is 31.0 Å². The third-order valence-corrected chi connectivity index (χ3v) is 4.58. The van der Waals surface area contributed by atoms with E-state index in [9.17, 15) is 4.79 Å². The number of rotatable bonds is 3. The zero-order valence-electron chi connectivity index (χ0n) is 12.9. The van der Waals surface area contributed by atoms with E-state index < -0.39 is 0 Å². The predicted octanol–water partition coefficient (Wildman–Crippen LogP) is 2.95. The van der Waals surface area contributed by atoms with Crippen molar-refractivity contribution in [2.75, 3.05) is 13.1 Å². The molecule has 1 saturated heterocycles. The number of carbonyl (C=O) groups excluding carboxylic acids is 1. The van der Waals surface area contributed by atoms with Crippen LogP contribution in [-0.4, -0.2) is 35.5 Å². The standard InChI is InChI=1S/C16H30N2O/c1-16(2,3)17-12-15(19)18-11-7-10-14(18)13-8-5-4-6-9-13/h13-14,17H,4-12H2,1-3H3. The van der Waals surface area contributed by atoms with Crippen LogP contribution in [0.25, 0.3) is 0 Å². The van der Waals surface area contributed by atoms with Crippen molar-refractivity contribution in [3.63, 3.8) is 0 Å². The van der Waals surface area contributed by atoms with Gasteiger partial charge in [-0.25, -0.2) is 0 Å². The number of carbonyl (C=O) groups is 1. The number of hydrogen-bond donors (Lipinski definition) is 1. The van der Waals surface area contributed by atoms with E-state index in [0.717, 1.165) is 12.5 Å². The Kier molecular flexibility index (Phi) is 4.88. The Bertz CT molecular complexity index is 302. The lowest BCUT2D eigenvalue weighted by molar-refractivity contribution is -0.132. The zero-order chi connectivity index (χ0) is 13.9. The van der Waals surface area contributed by atoms with Crippen molar-refractivity contribution in [2.24, 2.45) is 5.92 Å². The van der Waals surface area contributed by atoms with E-state index in [-0.39, 0.29) is 5.54 Å². The van der Waals surface area contributed by atoms with Crippen LogP contribution in [0.15, 0.2) is 0 Å². The van der Waals surface area contributed by atoms with Crippen LogP contribution in [0, 0.1) is 5.92 Å². The van der Waals surface area contributed by atoms with Crippen LogP contribution in [0.5, 0.6) is 0 Å². The van der Waals surface area contributed by atoms with Gasteiger partial charge in [-0.3, -0.25) is 4.79 Å². The van der Waals surface area contributed by atoms with Crippen molar-refractivity contribution >= 4 is 5.91 Å². The summed E-state index contributed by atoms with van der Waals surface area (Å²) in [5.74, 6) is 1.08. The Morgan fingerprint density at radius 3 is 2.42 bits per heavy atom. The highest BCUT2D eigenvalue weighted by Gasteiger charge is 2.35. The highest BCUT2D eigenvalue weighted by atomic mass is 16.2. The summed E-state index contributed by atoms with van der Waals surface area (Å²) in [6.07, 6.45) is 9.21. The summed E-state index contributed by atoms with van der Waals surface area (Å²) < 4.78 is 0. The maximum absolute atomic E-state index is 12.4. The molecule has 2 aliphatic rings. The number of amides is 1. The van der Waals surface area contributed by atoms with E-state index in [1.807, 2.05) is 0 Å². The van der Waals surface area contributed by atoms with Gasteiger partial charge < -0.3 is 10.2 Å². The fourth-order valence-corrected chi connectivity index (χ4v) is 3.55. The average Bonchev–Trinajstić information content (AvgIpc) is 2.85. The first-order chi connectivity index (χ1) is 8.97. The Labute approximate surface area is 118 Å². The van der Waals surface area contributed by atoms with Gasteiger partial charge in [-0.2, -0.15) is 0 Å². The molecule has 1 heterocycles. The fourth-order valence-electron chi connectivity index (χ4n) is 3.55. The van der Waals surface area contributed by atoms with Crippen LogP contribution in [0.4, 0.5) is 0 Å². The quantitative estimate of drug-likeness (QED) is 0.852. The third kappa shape index (κ3) is 4.20. The van der Waals surface area contributed by atoms with E-state index >= 15 is 0 Å². The van der Waals surface area contributed by atoms with Crippen molar-refractivity contribution in [2.45, 2.75) is 77.3 Å². The number of likely N-dealkylation sites (tertiary alicyclic amines) is 1. The van der Waals surface area contributed by atoms with Gasteiger partial charge in [0.15, 0.2) is 0 Å². The largest absolute Gasteiger partial charge is 0.338 e. The van der Waals surface area contributed by atoms with Crippen LogP contribution < -0.4 is 5.32 Å². The Hall–Kier alpha value is -0.570. The summed E-state index contributed by atoms with van der Waals surface area (Å²) in [5, 5.41) is 3.33. The van der Waals surface area contributed by atoms with Gasteiger partial charge in [-0.15, -0.1) is 0 Å². The minimum atomic E-state index is 0.0235. The number of nitrogens with zero attached hydrogens (tertiary/aromatic N) is 1. The molecular formula is C16H30N2O. The number of hydrogen-bond acceptors (Lipinski definition) is 2. The van der Waals surface area contributed by atoms with Crippen LogP contribution in [0.1, 0.15) is 65.7 Å². The van der Waals surface area contributed by atoms with Gasteiger partial charge in [0.1, 0.15) is 0 Å². The lowest BCUT2D eigenvalue weighted by atomic mass is 9.83. The van der Waals surface area contributed by atoms with Crippen LogP contribution >= 0.6 is 0 Å². The van der Waals surface area contributed by atoms with Crippen molar-refractivity contribution in [3.05, 3.63) is 0 Å². The topological polar surface area (TPSA) is 32.3 Å². The van der Waals surface area contributed by atoms with Gasteiger partial charge in [0.2, 0.25) is 5.91 Å². The minimum absolute atomic E-state index is 0.0235. The summed E-state index contributed by atoms with van der Waals surface area (Å²) in [5.41, 5.74) is 0.0235. The average molecular weight is 266 g/mol. The monoisotopic (exact) mass is 266 g/mol. The van der Waals surface area contributed by atoms with Crippen LogP contribution in [0.3, 0.4) is 0 Å². The Balaban J connectivity index is 1.88. The van der Waals surface area contributed by atoms with E-state index in [0.29, 0.717) is 18.5 Å². The molecule has 0 aromatic heterocycles. The molecular weight excluding hydrogens is 236 g/mol. The molecule has 0 aromatic rings. The summed E-state index contributed by atoms with van der Waals surface area (Å²) in [6, 6.07) is 0.537. The molecule has 1 unspecified atom stereocenters. The maximum atomic E-state index is 12.4. The van der Waals surface area contributed by atoms with E-state index in [1.165, 1.54) is 44.9 Å². The lowest BCUT2D eigenvalue weighted by Gasteiger charge is -2.34. The van der Waals surface area contributed by atoms with Crippen LogP contribution in [0.2, 0.25) is 0 Å². The second kappa shape index (κ2) is 6.25. The maximum Gasteiger partial charge on any atom is 0.236 e. The second-order valence-electron chi connectivity index (χ2n) is 7.30. The van der Waals surface area contributed by atoms with Crippen LogP contribution in [-0.2, 0) is 4.79 Å². The van der Waals surface area contributed by atoms with E-state index in [1.54, 1.807) is 0 Å². The van der Waals surface area contributed by atoms with Gasteiger partial charge in [-0.05, 0) is 52.4 Å². The van der Waals surface area contributed by atoms with Crippen molar-refractivity contribution in [1.29, 1.82) is 0 Å². The molecule has 3 heteroatoms. The van der Waals surface area contributed by atoms with Gasteiger partial charge >= 0.3 is 0 Å². The summed E-state index contributed by atoms with van der Waals surface area (Å²) in [4.78, 5) is 14.6. The molecule has 2 fully saturated rings. The van der Waals surface area contributed by atoms with Crippen molar-refractivity contribution < 1.29 is 4.79 Å². The Morgan fingerprint density at radius 1 is 1.11 bits per heavy atom. The second-order valence-corrected chi connectivity index (χ2v) is 7.30. The first-order valence-electron chi connectivity index (χ1n) is 8.02. The molecule has 1 aliphatic heterocycles. The molecule has 19 heavy (non-hydrogen) atoms. The zero-order valence-corrected chi connectivity index (χ0v) is 12.9. The molecule has 1 amide bonds.